The minimum absolute atomic E-state index is 0.00362. The topological polar surface area (TPSA) is 99.1 Å². The number of hydrogen-bond donors (Lipinski definition) is 3. The van der Waals surface area contributed by atoms with Gasteiger partial charge in [-0.1, -0.05) is 49.4 Å². The van der Waals surface area contributed by atoms with Crippen LogP contribution in [-0.4, -0.2) is 35.7 Å². The fraction of sp³-hybridized carbons (Fsp3) is 0.241. The highest BCUT2D eigenvalue weighted by Gasteiger charge is 2.52. The fourth-order valence-corrected chi connectivity index (χ4v) is 4.45. The molecule has 0 aromatic heterocycles. The van der Waals surface area contributed by atoms with Gasteiger partial charge in [-0.2, -0.15) is 0 Å². The Morgan fingerprint density at radius 3 is 2.58 bits per heavy atom. The first kappa shape index (κ1) is 25.2. The number of amides is 2. The molecule has 0 radical (unpaired) electrons. The Morgan fingerprint density at radius 1 is 1.11 bits per heavy atom. The maximum absolute atomic E-state index is 13.6. The standard InChI is InChI=1S/C29H30N2O5/c1-20(8-5-6-17-32)29(35)25-11-3-4-12-26(25)31(28(29)34)19-21-9-7-10-23(18-21)30-27(33)22-13-15-24(36-2)16-14-22/h3-5,7-16,18,20,32,35H,6,17,19H2,1-2H3,(H,30,33)/b8-5+/t20-,29+/m1/s1. The molecular formula is C29H30N2O5. The number of para-hydroxylation sites is 1. The smallest absolute Gasteiger partial charge is 0.264 e. The molecule has 4 rings (SSSR count). The van der Waals surface area contributed by atoms with Gasteiger partial charge >= 0.3 is 0 Å². The van der Waals surface area contributed by atoms with Crippen LogP contribution in [0.2, 0.25) is 0 Å². The monoisotopic (exact) mass is 486 g/mol. The maximum atomic E-state index is 13.6. The molecule has 3 aromatic rings. The van der Waals surface area contributed by atoms with Crippen LogP contribution in [0.3, 0.4) is 0 Å². The summed E-state index contributed by atoms with van der Waals surface area (Å²) in [4.78, 5) is 27.8. The number of ether oxygens (including phenoxy) is 1. The van der Waals surface area contributed by atoms with Crippen LogP contribution in [0.5, 0.6) is 5.75 Å². The zero-order valence-corrected chi connectivity index (χ0v) is 20.3. The predicted molar refractivity (Wildman–Crippen MR) is 139 cm³/mol. The minimum atomic E-state index is -1.71. The third-order valence-electron chi connectivity index (χ3n) is 6.43. The molecule has 1 aliphatic heterocycles. The number of methoxy groups -OCH3 is 1. The summed E-state index contributed by atoms with van der Waals surface area (Å²) in [7, 11) is 1.57. The van der Waals surface area contributed by atoms with E-state index in [0.717, 1.165) is 5.56 Å². The fourth-order valence-electron chi connectivity index (χ4n) is 4.45. The summed E-state index contributed by atoms with van der Waals surface area (Å²) in [5.41, 5.74) is 1.41. The van der Waals surface area contributed by atoms with Crippen LogP contribution in [-0.2, 0) is 16.9 Å². The highest BCUT2D eigenvalue weighted by Crippen LogP contribution is 2.45. The molecule has 0 aliphatic carbocycles. The van der Waals surface area contributed by atoms with Gasteiger partial charge in [-0.15, -0.1) is 0 Å². The second-order valence-electron chi connectivity index (χ2n) is 8.79. The van der Waals surface area contributed by atoms with E-state index in [1.54, 1.807) is 73.6 Å². The van der Waals surface area contributed by atoms with Crippen LogP contribution in [0.1, 0.15) is 34.8 Å². The number of carbonyl (C=O) groups excluding carboxylic acids is 2. The molecule has 0 spiro atoms. The molecule has 0 fully saturated rings. The lowest BCUT2D eigenvalue weighted by Gasteiger charge is -2.27. The van der Waals surface area contributed by atoms with Crippen molar-refractivity contribution in [1.82, 2.24) is 0 Å². The lowest BCUT2D eigenvalue weighted by Crippen LogP contribution is -2.44. The van der Waals surface area contributed by atoms with Gasteiger partial charge in [0.15, 0.2) is 5.60 Å². The number of anilines is 2. The van der Waals surface area contributed by atoms with Crippen molar-refractivity contribution in [2.75, 3.05) is 23.9 Å². The van der Waals surface area contributed by atoms with E-state index in [0.29, 0.717) is 34.7 Å². The minimum Gasteiger partial charge on any atom is -0.497 e. The summed E-state index contributed by atoms with van der Waals surface area (Å²) in [6.07, 6.45) is 3.99. The van der Waals surface area contributed by atoms with Gasteiger partial charge in [-0.3, -0.25) is 9.59 Å². The first-order valence-electron chi connectivity index (χ1n) is 11.8. The summed E-state index contributed by atoms with van der Waals surface area (Å²) < 4.78 is 5.14. The molecule has 3 N–H and O–H groups in total. The van der Waals surface area contributed by atoms with Crippen LogP contribution >= 0.6 is 0 Å². The Labute approximate surface area is 210 Å². The zero-order valence-electron chi connectivity index (χ0n) is 20.3. The van der Waals surface area contributed by atoms with E-state index in [1.807, 2.05) is 30.3 Å². The first-order chi connectivity index (χ1) is 17.4. The molecule has 36 heavy (non-hydrogen) atoms. The molecule has 1 aliphatic rings. The number of fused-ring (bicyclic) bond motifs is 1. The summed E-state index contributed by atoms with van der Waals surface area (Å²) in [5.74, 6) is -0.479. The molecule has 0 bridgehead atoms. The van der Waals surface area contributed by atoms with Crippen molar-refractivity contribution in [1.29, 1.82) is 0 Å². The molecular weight excluding hydrogens is 456 g/mol. The number of hydrogen-bond acceptors (Lipinski definition) is 5. The third kappa shape index (κ3) is 4.89. The summed E-state index contributed by atoms with van der Waals surface area (Å²) in [6.45, 7) is 2.03. The largest absolute Gasteiger partial charge is 0.497 e. The van der Waals surface area contributed by atoms with E-state index in [-0.39, 0.29) is 19.1 Å². The lowest BCUT2D eigenvalue weighted by molar-refractivity contribution is -0.139. The molecule has 7 heteroatoms. The van der Waals surface area contributed by atoms with Crippen LogP contribution in [0, 0.1) is 5.92 Å². The van der Waals surface area contributed by atoms with E-state index in [4.69, 9.17) is 9.84 Å². The van der Waals surface area contributed by atoms with Gasteiger partial charge in [0.1, 0.15) is 5.75 Å². The SMILES string of the molecule is COc1ccc(C(=O)Nc2cccc(CN3C(=O)[C@](O)([C@H](C)/C=C/CCO)c4ccccc43)c2)cc1. The van der Waals surface area contributed by atoms with Gasteiger partial charge in [-0.05, 0) is 54.4 Å². The Bertz CT molecular complexity index is 1270. The van der Waals surface area contributed by atoms with E-state index in [2.05, 4.69) is 5.32 Å². The highest BCUT2D eigenvalue weighted by molar-refractivity contribution is 6.07. The second kappa shape index (κ2) is 10.8. The van der Waals surface area contributed by atoms with Crippen LogP contribution < -0.4 is 15.0 Å². The van der Waals surface area contributed by atoms with Gasteiger partial charge < -0.3 is 25.2 Å². The van der Waals surface area contributed by atoms with Crippen LogP contribution in [0.15, 0.2) is 84.9 Å². The van der Waals surface area contributed by atoms with Crippen molar-refractivity contribution in [3.63, 3.8) is 0 Å². The summed E-state index contributed by atoms with van der Waals surface area (Å²) in [6, 6.07) is 21.4. The molecule has 0 saturated heterocycles. The molecule has 1 heterocycles. The van der Waals surface area contributed by atoms with Gasteiger partial charge in [-0.25, -0.2) is 0 Å². The van der Waals surface area contributed by atoms with Crippen molar-refractivity contribution in [2.45, 2.75) is 25.5 Å². The Hall–Kier alpha value is -3.94. The number of nitrogens with zero attached hydrogens (tertiary/aromatic N) is 1. The molecule has 0 unspecified atom stereocenters. The number of aliphatic hydroxyl groups is 2. The number of benzene rings is 3. The Morgan fingerprint density at radius 2 is 1.86 bits per heavy atom. The lowest BCUT2D eigenvalue weighted by atomic mass is 9.83. The molecule has 7 nitrogen and oxygen atoms in total. The average molecular weight is 487 g/mol. The average Bonchev–Trinajstić information content (AvgIpc) is 3.12. The van der Waals surface area contributed by atoms with E-state index < -0.39 is 17.4 Å². The van der Waals surface area contributed by atoms with Crippen molar-refractivity contribution in [2.24, 2.45) is 5.92 Å². The Balaban J connectivity index is 1.55. The van der Waals surface area contributed by atoms with Crippen LogP contribution in [0.4, 0.5) is 11.4 Å². The van der Waals surface area contributed by atoms with Crippen molar-refractivity contribution >= 4 is 23.2 Å². The van der Waals surface area contributed by atoms with Gasteiger partial charge in [0.25, 0.3) is 11.8 Å². The van der Waals surface area contributed by atoms with Crippen LogP contribution in [0.25, 0.3) is 0 Å². The van der Waals surface area contributed by atoms with Crippen molar-refractivity contribution < 1.29 is 24.5 Å². The number of rotatable bonds is 9. The Kier molecular flexibility index (Phi) is 7.52. The van der Waals surface area contributed by atoms with E-state index in [9.17, 15) is 14.7 Å². The second-order valence-corrected chi connectivity index (χ2v) is 8.79. The molecule has 2 atom stereocenters. The number of aliphatic hydroxyl groups excluding tert-OH is 1. The van der Waals surface area contributed by atoms with Crippen molar-refractivity contribution in [3.05, 3.63) is 102 Å². The number of nitrogens with one attached hydrogen (secondary N) is 1. The summed E-state index contributed by atoms with van der Waals surface area (Å²) in [5, 5.41) is 23.6. The van der Waals surface area contributed by atoms with Gasteiger partial charge in [0.05, 0.1) is 19.3 Å². The molecule has 3 aromatic carbocycles. The number of carbonyl (C=O) groups is 2. The highest BCUT2D eigenvalue weighted by atomic mass is 16.5. The third-order valence-corrected chi connectivity index (χ3v) is 6.43. The quantitative estimate of drug-likeness (QED) is 0.393. The maximum Gasteiger partial charge on any atom is 0.264 e. The predicted octanol–water partition coefficient (Wildman–Crippen LogP) is 4.26. The van der Waals surface area contributed by atoms with E-state index >= 15 is 0 Å². The molecule has 2 amide bonds. The normalized spacial score (nSPS) is 17.8. The van der Waals surface area contributed by atoms with E-state index in [1.165, 1.54) is 0 Å². The summed E-state index contributed by atoms with van der Waals surface area (Å²) >= 11 is 0. The zero-order chi connectivity index (χ0) is 25.7. The van der Waals surface area contributed by atoms with Gasteiger partial charge in [0.2, 0.25) is 0 Å². The molecule has 0 saturated carbocycles. The first-order valence-corrected chi connectivity index (χ1v) is 11.8. The van der Waals surface area contributed by atoms with Crippen molar-refractivity contribution in [3.8, 4) is 5.75 Å². The van der Waals surface area contributed by atoms with Gasteiger partial charge in [0, 0.05) is 29.3 Å². The molecule has 186 valence electrons.